The van der Waals surface area contributed by atoms with Crippen molar-refractivity contribution < 1.29 is 4.42 Å². The summed E-state index contributed by atoms with van der Waals surface area (Å²) in [6.07, 6.45) is 7.69. The second kappa shape index (κ2) is 8.35. The highest BCUT2D eigenvalue weighted by atomic mass is 79.9. The zero-order chi connectivity index (χ0) is 17.8. The molecule has 1 saturated carbocycles. The molecule has 2 heterocycles. The van der Waals surface area contributed by atoms with Crippen LogP contribution >= 0.6 is 27.7 Å². The molecule has 0 spiro atoms. The fraction of sp³-hybridized carbons (Fsp3) is 0.444. The van der Waals surface area contributed by atoms with Gasteiger partial charge in [-0.15, -0.1) is 15.3 Å². The Bertz CT molecular complexity index is 841. The van der Waals surface area contributed by atoms with Crippen LogP contribution in [0.25, 0.3) is 11.5 Å². The molecule has 1 aliphatic carbocycles. The van der Waals surface area contributed by atoms with E-state index in [0.29, 0.717) is 17.5 Å². The molecule has 4 rings (SSSR count). The van der Waals surface area contributed by atoms with Gasteiger partial charge in [-0.25, -0.2) is 4.98 Å². The molecule has 1 aliphatic rings. The predicted octanol–water partition coefficient (Wildman–Crippen LogP) is 5.03. The van der Waals surface area contributed by atoms with Crippen molar-refractivity contribution in [3.63, 3.8) is 0 Å². The summed E-state index contributed by atoms with van der Waals surface area (Å²) >= 11 is 4.93. The lowest BCUT2D eigenvalue weighted by atomic mass is 10.0. The normalized spacial score (nSPS) is 15.0. The Morgan fingerprint density at radius 1 is 1.15 bits per heavy atom. The van der Waals surface area contributed by atoms with E-state index in [2.05, 4.69) is 41.3 Å². The van der Waals surface area contributed by atoms with E-state index in [1.54, 1.807) is 0 Å². The predicted molar refractivity (Wildman–Crippen MR) is 104 cm³/mol. The van der Waals surface area contributed by atoms with Gasteiger partial charge in [-0.2, -0.15) is 0 Å². The number of aryl methyl sites for hydroxylation is 1. The van der Waals surface area contributed by atoms with E-state index < -0.39 is 0 Å². The summed E-state index contributed by atoms with van der Waals surface area (Å²) < 4.78 is 6.75. The average molecular weight is 434 g/mol. The summed E-state index contributed by atoms with van der Waals surface area (Å²) in [7, 11) is 0. The maximum atomic E-state index is 5.73. The Kier molecular flexibility index (Phi) is 5.69. The molecule has 1 aromatic carbocycles. The van der Waals surface area contributed by atoms with E-state index in [-0.39, 0.29) is 0 Å². The molecule has 136 valence electrons. The molecule has 2 aromatic heterocycles. The number of hydrogen-bond donors (Lipinski definition) is 1. The standard InChI is InChI=1S/C18H20BrN5OS/c19-14-8-6-13(7-9-14)17-23-22-16(25-17)11-26-18-20-15(21-24-18)10-5-12-3-1-2-4-12/h6-9,12H,1-5,10-11H2,(H,20,21,24). The van der Waals surface area contributed by atoms with Crippen LogP contribution in [-0.2, 0) is 12.2 Å². The first-order valence-electron chi connectivity index (χ1n) is 8.88. The first-order valence-corrected chi connectivity index (χ1v) is 10.7. The molecule has 1 fully saturated rings. The number of nitrogens with zero attached hydrogens (tertiary/aromatic N) is 4. The molecule has 6 nitrogen and oxygen atoms in total. The molecular formula is C18H20BrN5OS. The molecule has 0 aliphatic heterocycles. The Hall–Kier alpha value is -1.67. The number of rotatable bonds is 7. The number of benzene rings is 1. The zero-order valence-corrected chi connectivity index (χ0v) is 16.7. The zero-order valence-electron chi connectivity index (χ0n) is 14.3. The van der Waals surface area contributed by atoms with Crippen LogP contribution in [0.5, 0.6) is 0 Å². The third-order valence-electron chi connectivity index (χ3n) is 4.66. The van der Waals surface area contributed by atoms with Crippen molar-refractivity contribution in [1.29, 1.82) is 0 Å². The van der Waals surface area contributed by atoms with E-state index in [9.17, 15) is 0 Å². The maximum absolute atomic E-state index is 5.73. The molecule has 0 bridgehead atoms. The summed E-state index contributed by atoms with van der Waals surface area (Å²) in [6.45, 7) is 0. The quantitative estimate of drug-likeness (QED) is 0.526. The average Bonchev–Trinajstić information content (AvgIpc) is 3.40. The summed E-state index contributed by atoms with van der Waals surface area (Å²) in [5, 5.41) is 16.3. The molecule has 0 amide bonds. The van der Waals surface area contributed by atoms with Crippen LogP contribution in [0.1, 0.15) is 43.8 Å². The smallest absolute Gasteiger partial charge is 0.247 e. The number of H-pyrrole nitrogens is 1. The number of halogens is 1. The highest BCUT2D eigenvalue weighted by Gasteiger charge is 2.16. The Morgan fingerprint density at radius 2 is 1.96 bits per heavy atom. The lowest BCUT2D eigenvalue weighted by Gasteiger charge is -2.05. The van der Waals surface area contributed by atoms with Gasteiger partial charge in [-0.05, 0) is 36.6 Å². The van der Waals surface area contributed by atoms with Gasteiger partial charge in [0.2, 0.25) is 16.9 Å². The number of hydrogen-bond acceptors (Lipinski definition) is 6. The van der Waals surface area contributed by atoms with Gasteiger partial charge in [0.05, 0.1) is 5.75 Å². The van der Waals surface area contributed by atoms with Crippen molar-refractivity contribution in [2.75, 3.05) is 0 Å². The molecule has 0 atom stereocenters. The minimum absolute atomic E-state index is 0.528. The van der Waals surface area contributed by atoms with Crippen molar-refractivity contribution in [3.05, 3.63) is 40.5 Å². The molecule has 3 aromatic rings. The van der Waals surface area contributed by atoms with Gasteiger partial charge < -0.3 is 4.42 Å². The number of aromatic nitrogens is 5. The van der Waals surface area contributed by atoms with Crippen LogP contribution in [0.4, 0.5) is 0 Å². The lowest BCUT2D eigenvalue weighted by Crippen LogP contribution is -1.97. The topological polar surface area (TPSA) is 80.5 Å². The van der Waals surface area contributed by atoms with Gasteiger partial charge in [0.15, 0.2) is 0 Å². The van der Waals surface area contributed by atoms with Crippen molar-refractivity contribution in [2.45, 2.75) is 49.4 Å². The SMILES string of the molecule is Brc1ccc(-c2nnc(CSc3n[nH]c(CCC4CCCC4)n3)o2)cc1. The highest BCUT2D eigenvalue weighted by Crippen LogP contribution is 2.28. The molecule has 26 heavy (non-hydrogen) atoms. The summed E-state index contributed by atoms with van der Waals surface area (Å²) in [5.41, 5.74) is 0.907. The van der Waals surface area contributed by atoms with Gasteiger partial charge in [-0.1, -0.05) is 53.4 Å². The summed E-state index contributed by atoms with van der Waals surface area (Å²) in [4.78, 5) is 4.56. The molecular weight excluding hydrogens is 414 g/mol. The van der Waals surface area contributed by atoms with Crippen LogP contribution in [0.3, 0.4) is 0 Å². The molecule has 1 N–H and O–H groups in total. The summed E-state index contributed by atoms with van der Waals surface area (Å²) in [6, 6.07) is 7.80. The summed E-state index contributed by atoms with van der Waals surface area (Å²) in [5.74, 6) is 3.50. The third-order valence-corrected chi connectivity index (χ3v) is 6.02. The molecule has 0 unspecified atom stereocenters. The number of nitrogens with one attached hydrogen (secondary N) is 1. The minimum atomic E-state index is 0.528. The van der Waals surface area contributed by atoms with E-state index >= 15 is 0 Å². The van der Waals surface area contributed by atoms with Crippen LogP contribution < -0.4 is 0 Å². The largest absolute Gasteiger partial charge is 0.420 e. The van der Waals surface area contributed by atoms with Crippen LogP contribution in [-0.4, -0.2) is 25.4 Å². The number of thioether (sulfide) groups is 1. The van der Waals surface area contributed by atoms with Crippen LogP contribution in [0, 0.1) is 5.92 Å². The second-order valence-corrected chi connectivity index (χ2v) is 8.41. The van der Waals surface area contributed by atoms with Crippen molar-refractivity contribution in [2.24, 2.45) is 5.92 Å². The fourth-order valence-electron chi connectivity index (χ4n) is 3.24. The van der Waals surface area contributed by atoms with Gasteiger partial charge in [0.1, 0.15) is 5.82 Å². The van der Waals surface area contributed by atoms with Gasteiger partial charge in [0.25, 0.3) is 0 Å². The highest BCUT2D eigenvalue weighted by molar-refractivity contribution is 9.10. The van der Waals surface area contributed by atoms with E-state index in [0.717, 1.165) is 33.4 Å². The van der Waals surface area contributed by atoms with Gasteiger partial charge in [-0.3, -0.25) is 5.10 Å². The molecule has 0 saturated heterocycles. The minimum Gasteiger partial charge on any atom is -0.420 e. The van der Waals surface area contributed by atoms with Crippen LogP contribution in [0.15, 0.2) is 38.3 Å². The van der Waals surface area contributed by atoms with Crippen molar-refractivity contribution in [1.82, 2.24) is 25.4 Å². The Balaban J connectivity index is 1.29. The number of aromatic amines is 1. The van der Waals surface area contributed by atoms with Crippen molar-refractivity contribution in [3.8, 4) is 11.5 Å². The first-order chi connectivity index (χ1) is 12.8. The Morgan fingerprint density at radius 3 is 2.77 bits per heavy atom. The van der Waals surface area contributed by atoms with E-state index in [1.165, 1.54) is 43.9 Å². The second-order valence-electron chi connectivity index (χ2n) is 6.55. The van der Waals surface area contributed by atoms with E-state index in [1.807, 2.05) is 24.3 Å². The van der Waals surface area contributed by atoms with Gasteiger partial charge >= 0.3 is 0 Å². The van der Waals surface area contributed by atoms with Crippen LogP contribution in [0.2, 0.25) is 0 Å². The van der Waals surface area contributed by atoms with Crippen molar-refractivity contribution >= 4 is 27.7 Å². The first kappa shape index (κ1) is 17.7. The molecule has 8 heteroatoms. The van der Waals surface area contributed by atoms with E-state index in [4.69, 9.17) is 4.42 Å². The monoisotopic (exact) mass is 433 g/mol. The van der Waals surface area contributed by atoms with Gasteiger partial charge in [0, 0.05) is 16.5 Å². The fourth-order valence-corrected chi connectivity index (χ4v) is 4.16. The third kappa shape index (κ3) is 4.54. The maximum Gasteiger partial charge on any atom is 0.247 e. The lowest BCUT2D eigenvalue weighted by molar-refractivity contribution is 0.497. The Labute approximate surface area is 164 Å². The molecule has 0 radical (unpaired) electrons.